The molecule has 0 spiro atoms. The van der Waals surface area contributed by atoms with E-state index in [1.54, 1.807) is 4.90 Å². The fourth-order valence-corrected chi connectivity index (χ4v) is 4.81. The smallest absolute Gasteiger partial charge is 0.261 e. The minimum absolute atomic E-state index is 0.0160. The highest BCUT2D eigenvalue weighted by atomic mass is 16.5. The summed E-state index contributed by atoms with van der Waals surface area (Å²) in [6.07, 6.45) is -0.482. The Kier molecular flexibility index (Phi) is 3.67. The first-order chi connectivity index (χ1) is 14.8. The van der Waals surface area contributed by atoms with E-state index in [-0.39, 0.29) is 5.91 Å². The Morgan fingerprint density at radius 2 is 1.23 bits per heavy atom. The van der Waals surface area contributed by atoms with Gasteiger partial charge in [0.2, 0.25) is 0 Å². The molecule has 6 rings (SSSR count). The van der Waals surface area contributed by atoms with Crippen molar-refractivity contribution in [1.82, 2.24) is 0 Å². The Balaban J connectivity index is 1.70. The summed E-state index contributed by atoms with van der Waals surface area (Å²) in [7, 11) is 0. The normalized spacial score (nSPS) is 18.5. The number of benzene rings is 4. The van der Waals surface area contributed by atoms with Crippen molar-refractivity contribution in [3.8, 4) is 0 Å². The molecule has 2 aliphatic heterocycles. The van der Waals surface area contributed by atoms with E-state index in [0.29, 0.717) is 5.56 Å². The molecule has 1 atom stereocenters. The Labute approximate surface area is 175 Å². The van der Waals surface area contributed by atoms with E-state index >= 15 is 0 Å². The van der Waals surface area contributed by atoms with Crippen LogP contribution >= 0.6 is 0 Å². The van der Waals surface area contributed by atoms with Crippen molar-refractivity contribution in [1.29, 1.82) is 0 Å². The largest absolute Gasteiger partial charge is 0.333 e. The molecule has 2 aliphatic rings. The van der Waals surface area contributed by atoms with E-state index in [1.165, 1.54) is 0 Å². The third kappa shape index (κ3) is 2.21. The molecule has 0 N–H and O–H groups in total. The lowest BCUT2D eigenvalue weighted by molar-refractivity contribution is -0.0539. The second-order valence-electron chi connectivity index (χ2n) is 7.66. The summed E-state index contributed by atoms with van der Waals surface area (Å²) in [6.45, 7) is 0. The summed E-state index contributed by atoms with van der Waals surface area (Å²) in [6, 6.07) is 36.4. The number of ether oxygens (including phenoxy) is 1. The number of carbonyl (C=O) groups is 1. The molecule has 0 fully saturated rings. The first-order valence-corrected chi connectivity index (χ1v) is 10.1. The third-order valence-electron chi connectivity index (χ3n) is 6.10. The van der Waals surface area contributed by atoms with Crippen molar-refractivity contribution in [3.05, 3.63) is 137 Å². The second-order valence-corrected chi connectivity index (χ2v) is 7.66. The van der Waals surface area contributed by atoms with Crippen LogP contribution in [0.25, 0.3) is 0 Å². The molecule has 0 unspecified atom stereocenters. The summed E-state index contributed by atoms with van der Waals surface area (Å²) in [5.41, 5.74) is 4.74. The number of amides is 1. The summed E-state index contributed by atoms with van der Waals surface area (Å²) in [5.74, 6) is -0.0160. The molecule has 0 saturated heterocycles. The highest BCUT2D eigenvalue weighted by Gasteiger charge is 2.52. The molecule has 0 saturated carbocycles. The Hall–Kier alpha value is -3.69. The zero-order chi connectivity index (χ0) is 20.1. The summed E-state index contributed by atoms with van der Waals surface area (Å²) < 4.78 is 7.00. The van der Waals surface area contributed by atoms with Crippen LogP contribution in [0.1, 0.15) is 38.8 Å². The van der Waals surface area contributed by atoms with Gasteiger partial charge in [0, 0.05) is 16.7 Å². The van der Waals surface area contributed by atoms with Crippen molar-refractivity contribution in [3.63, 3.8) is 0 Å². The van der Waals surface area contributed by atoms with Gasteiger partial charge in [-0.15, -0.1) is 0 Å². The number of para-hydroxylation sites is 1. The van der Waals surface area contributed by atoms with Gasteiger partial charge < -0.3 is 4.74 Å². The number of anilines is 1. The van der Waals surface area contributed by atoms with Crippen molar-refractivity contribution in [2.45, 2.75) is 11.8 Å². The third-order valence-corrected chi connectivity index (χ3v) is 6.10. The maximum absolute atomic E-state index is 13.3. The van der Waals surface area contributed by atoms with Gasteiger partial charge in [0.05, 0.1) is 5.69 Å². The van der Waals surface area contributed by atoms with Crippen LogP contribution < -0.4 is 4.90 Å². The molecule has 4 aromatic carbocycles. The minimum atomic E-state index is -0.821. The molecule has 2 heterocycles. The van der Waals surface area contributed by atoms with Gasteiger partial charge in [0.1, 0.15) is 5.60 Å². The topological polar surface area (TPSA) is 29.5 Å². The number of hydrogen-bond acceptors (Lipinski definition) is 2. The van der Waals surface area contributed by atoms with Gasteiger partial charge in [-0.05, 0) is 23.3 Å². The predicted octanol–water partition coefficient (Wildman–Crippen LogP) is 5.67. The van der Waals surface area contributed by atoms with Crippen molar-refractivity contribution in [2.24, 2.45) is 0 Å². The highest BCUT2D eigenvalue weighted by molar-refractivity contribution is 6.11. The molecule has 3 nitrogen and oxygen atoms in total. The van der Waals surface area contributed by atoms with Gasteiger partial charge in [0.25, 0.3) is 5.91 Å². The standard InChI is InChI=1S/C27H19NO2/c29-25-21-15-7-8-16-22(21)26-28(25)24-18-10-9-17-23(24)27(30-26,19-11-3-1-4-12-19)20-13-5-2-6-14-20/h1-18,26H/t26-/m0/s1. The first kappa shape index (κ1) is 17.2. The monoisotopic (exact) mass is 389 g/mol. The molecule has 3 heteroatoms. The van der Waals surface area contributed by atoms with E-state index in [0.717, 1.165) is 27.9 Å². The van der Waals surface area contributed by atoms with Crippen LogP contribution in [0.3, 0.4) is 0 Å². The minimum Gasteiger partial charge on any atom is -0.333 e. The molecule has 144 valence electrons. The van der Waals surface area contributed by atoms with Gasteiger partial charge >= 0.3 is 0 Å². The average molecular weight is 389 g/mol. The van der Waals surface area contributed by atoms with Crippen molar-refractivity contribution in [2.75, 3.05) is 4.90 Å². The fraction of sp³-hybridized carbons (Fsp3) is 0.0741. The van der Waals surface area contributed by atoms with Crippen molar-refractivity contribution < 1.29 is 9.53 Å². The molecule has 1 amide bonds. The van der Waals surface area contributed by atoms with Crippen LogP contribution in [-0.4, -0.2) is 5.91 Å². The number of rotatable bonds is 2. The van der Waals surface area contributed by atoms with Gasteiger partial charge in [-0.3, -0.25) is 9.69 Å². The number of carbonyl (C=O) groups excluding carboxylic acids is 1. The van der Waals surface area contributed by atoms with Crippen LogP contribution in [0.4, 0.5) is 5.69 Å². The molecular weight excluding hydrogens is 370 g/mol. The summed E-state index contributed by atoms with van der Waals surface area (Å²) in [4.78, 5) is 15.1. The van der Waals surface area contributed by atoms with E-state index < -0.39 is 11.8 Å². The second kappa shape index (κ2) is 6.41. The Bertz CT molecular complexity index is 1210. The molecule has 0 radical (unpaired) electrons. The lowest BCUT2D eigenvalue weighted by Gasteiger charge is -2.46. The number of fused-ring (bicyclic) bond motifs is 5. The Morgan fingerprint density at radius 3 is 1.93 bits per heavy atom. The molecule has 30 heavy (non-hydrogen) atoms. The molecule has 0 bridgehead atoms. The molecule has 0 aliphatic carbocycles. The van der Waals surface area contributed by atoms with Crippen LogP contribution in [-0.2, 0) is 10.3 Å². The predicted molar refractivity (Wildman–Crippen MR) is 116 cm³/mol. The van der Waals surface area contributed by atoms with E-state index in [2.05, 4.69) is 30.3 Å². The number of nitrogens with zero attached hydrogens (tertiary/aromatic N) is 1. The zero-order valence-corrected chi connectivity index (χ0v) is 16.2. The fourth-order valence-electron chi connectivity index (χ4n) is 4.81. The van der Waals surface area contributed by atoms with Gasteiger partial charge in [0.15, 0.2) is 6.23 Å². The van der Waals surface area contributed by atoms with Gasteiger partial charge in [-0.25, -0.2) is 0 Å². The molecule has 0 aromatic heterocycles. The lowest BCUT2D eigenvalue weighted by Crippen LogP contribution is -2.45. The lowest BCUT2D eigenvalue weighted by atomic mass is 9.78. The summed E-state index contributed by atoms with van der Waals surface area (Å²) in [5, 5.41) is 0. The first-order valence-electron chi connectivity index (χ1n) is 10.1. The van der Waals surface area contributed by atoms with Crippen LogP contribution in [0.15, 0.2) is 109 Å². The van der Waals surface area contributed by atoms with Crippen LogP contribution in [0.2, 0.25) is 0 Å². The van der Waals surface area contributed by atoms with E-state index in [4.69, 9.17) is 4.74 Å². The van der Waals surface area contributed by atoms with E-state index in [1.807, 2.05) is 78.9 Å². The van der Waals surface area contributed by atoms with Gasteiger partial charge in [-0.1, -0.05) is 97.1 Å². The molecular formula is C27H19NO2. The SMILES string of the molecule is O=C1c2ccccc2[C@@H]2OC(c3ccccc3)(c3ccccc3)c3ccccc3N12. The molecule has 4 aromatic rings. The quantitative estimate of drug-likeness (QED) is 0.442. The van der Waals surface area contributed by atoms with Crippen molar-refractivity contribution >= 4 is 11.6 Å². The highest BCUT2D eigenvalue weighted by Crippen LogP contribution is 2.55. The van der Waals surface area contributed by atoms with Crippen LogP contribution in [0, 0.1) is 0 Å². The van der Waals surface area contributed by atoms with Crippen LogP contribution in [0.5, 0.6) is 0 Å². The maximum Gasteiger partial charge on any atom is 0.261 e. The Morgan fingerprint density at radius 1 is 0.667 bits per heavy atom. The average Bonchev–Trinajstić information content (AvgIpc) is 3.11. The summed E-state index contributed by atoms with van der Waals surface area (Å²) >= 11 is 0. The zero-order valence-electron chi connectivity index (χ0n) is 16.2. The van der Waals surface area contributed by atoms with E-state index in [9.17, 15) is 4.79 Å². The van der Waals surface area contributed by atoms with Gasteiger partial charge in [-0.2, -0.15) is 0 Å². The number of hydrogen-bond donors (Lipinski definition) is 0. The maximum atomic E-state index is 13.3.